The number of imidazole rings is 1. The summed E-state index contributed by atoms with van der Waals surface area (Å²) in [6.07, 6.45) is 8.77. The number of nitrogens with zero attached hydrogens (tertiary/aromatic N) is 3. The molecule has 2 heterocycles. The molecule has 5 nitrogen and oxygen atoms in total. The van der Waals surface area contributed by atoms with Crippen LogP contribution in [0.5, 0.6) is 0 Å². The first-order valence-electron chi connectivity index (χ1n) is 7.40. The Morgan fingerprint density at radius 1 is 1.30 bits per heavy atom. The molecule has 0 saturated carbocycles. The summed E-state index contributed by atoms with van der Waals surface area (Å²) in [6, 6.07) is 1.94. The smallest absolute Gasteiger partial charge is 0.151 e. The fraction of sp³-hybridized carbons (Fsp3) is 0.600. The molecule has 20 heavy (non-hydrogen) atoms. The molecule has 0 saturated heterocycles. The first-order valence-corrected chi connectivity index (χ1v) is 7.40. The Kier molecular flexibility index (Phi) is 4.95. The summed E-state index contributed by atoms with van der Waals surface area (Å²) in [7, 11) is 0. The summed E-state index contributed by atoms with van der Waals surface area (Å²) in [5.74, 6) is 0.441. The van der Waals surface area contributed by atoms with Crippen LogP contribution >= 0.6 is 0 Å². The maximum Gasteiger partial charge on any atom is 0.151 e. The lowest BCUT2D eigenvalue weighted by molar-refractivity contribution is 0.125. The standard InChI is InChI=1S/C15H24N4O/c1-3-4-5-6-7-12(11(2)20)19-10-18-14-13(19)8-9-17-15(14)16/h8-12,20H,3-7H2,1-2H3,(H2,16,17)/t11-,12+/m1/s1. The molecule has 0 spiro atoms. The van der Waals surface area contributed by atoms with E-state index in [0.29, 0.717) is 11.3 Å². The summed E-state index contributed by atoms with van der Waals surface area (Å²) < 4.78 is 2.03. The molecule has 0 fully saturated rings. The van der Waals surface area contributed by atoms with Crippen LogP contribution in [-0.4, -0.2) is 25.7 Å². The van der Waals surface area contributed by atoms with Gasteiger partial charge in [0.2, 0.25) is 0 Å². The fourth-order valence-corrected chi connectivity index (χ4v) is 2.64. The van der Waals surface area contributed by atoms with Crippen LogP contribution in [0.2, 0.25) is 0 Å². The van der Waals surface area contributed by atoms with Gasteiger partial charge in [0.1, 0.15) is 5.52 Å². The molecular formula is C15H24N4O. The second-order valence-electron chi connectivity index (χ2n) is 5.37. The van der Waals surface area contributed by atoms with Crippen molar-refractivity contribution in [2.75, 3.05) is 5.73 Å². The number of rotatable bonds is 7. The van der Waals surface area contributed by atoms with E-state index in [1.54, 1.807) is 12.5 Å². The number of hydrogen-bond donors (Lipinski definition) is 2. The first-order chi connectivity index (χ1) is 9.65. The van der Waals surface area contributed by atoms with E-state index in [0.717, 1.165) is 18.4 Å². The second kappa shape index (κ2) is 6.70. The van der Waals surface area contributed by atoms with Crippen molar-refractivity contribution in [3.63, 3.8) is 0 Å². The van der Waals surface area contributed by atoms with Crippen molar-refractivity contribution < 1.29 is 5.11 Å². The van der Waals surface area contributed by atoms with Crippen molar-refractivity contribution in [1.29, 1.82) is 0 Å². The second-order valence-corrected chi connectivity index (χ2v) is 5.37. The van der Waals surface area contributed by atoms with E-state index >= 15 is 0 Å². The SMILES string of the molecule is CCCCCC[C@@H]([C@@H](C)O)n1cnc2c(N)nccc21. The monoisotopic (exact) mass is 276 g/mol. The molecule has 2 aromatic heterocycles. The van der Waals surface area contributed by atoms with Crippen molar-refractivity contribution >= 4 is 16.9 Å². The highest BCUT2D eigenvalue weighted by Gasteiger charge is 2.19. The number of fused-ring (bicyclic) bond motifs is 1. The number of hydrogen-bond acceptors (Lipinski definition) is 4. The van der Waals surface area contributed by atoms with Gasteiger partial charge in [0.15, 0.2) is 5.82 Å². The van der Waals surface area contributed by atoms with Crippen molar-refractivity contribution in [3.8, 4) is 0 Å². The van der Waals surface area contributed by atoms with E-state index < -0.39 is 6.10 Å². The van der Waals surface area contributed by atoms with Gasteiger partial charge in [-0.1, -0.05) is 32.6 Å². The Balaban J connectivity index is 2.21. The van der Waals surface area contributed by atoms with Crippen LogP contribution in [0.25, 0.3) is 11.0 Å². The molecule has 0 unspecified atom stereocenters. The molecule has 0 bridgehead atoms. The van der Waals surface area contributed by atoms with E-state index in [9.17, 15) is 5.11 Å². The Labute approximate surface area is 119 Å². The van der Waals surface area contributed by atoms with E-state index in [1.807, 2.05) is 17.6 Å². The zero-order valence-corrected chi connectivity index (χ0v) is 12.3. The van der Waals surface area contributed by atoms with Crippen molar-refractivity contribution in [2.24, 2.45) is 0 Å². The number of anilines is 1. The van der Waals surface area contributed by atoms with E-state index in [4.69, 9.17) is 5.73 Å². The summed E-state index contributed by atoms with van der Waals surface area (Å²) >= 11 is 0. The van der Waals surface area contributed by atoms with Crippen LogP contribution in [0.4, 0.5) is 5.82 Å². The van der Waals surface area contributed by atoms with Crippen LogP contribution in [0.3, 0.4) is 0 Å². The molecule has 3 N–H and O–H groups in total. The molecule has 0 aromatic carbocycles. The van der Waals surface area contributed by atoms with Gasteiger partial charge in [0, 0.05) is 6.20 Å². The Hall–Kier alpha value is -1.62. The number of nitrogens with two attached hydrogens (primary N) is 1. The number of aliphatic hydroxyl groups excluding tert-OH is 1. The molecule has 0 aliphatic carbocycles. The minimum atomic E-state index is -0.414. The fourth-order valence-electron chi connectivity index (χ4n) is 2.64. The molecule has 0 aliphatic rings. The van der Waals surface area contributed by atoms with Crippen molar-refractivity contribution in [1.82, 2.24) is 14.5 Å². The first kappa shape index (κ1) is 14.8. The lowest BCUT2D eigenvalue weighted by atomic mass is 10.0. The van der Waals surface area contributed by atoms with Crippen LogP contribution in [-0.2, 0) is 0 Å². The van der Waals surface area contributed by atoms with Gasteiger partial charge >= 0.3 is 0 Å². The molecule has 2 atom stereocenters. The van der Waals surface area contributed by atoms with E-state index in [-0.39, 0.29) is 6.04 Å². The zero-order chi connectivity index (χ0) is 14.5. The molecule has 2 aromatic rings. The van der Waals surface area contributed by atoms with Crippen LogP contribution in [0.1, 0.15) is 52.0 Å². The van der Waals surface area contributed by atoms with Gasteiger partial charge < -0.3 is 15.4 Å². The maximum absolute atomic E-state index is 10.1. The average Bonchev–Trinajstić information content (AvgIpc) is 2.84. The average molecular weight is 276 g/mol. The highest BCUT2D eigenvalue weighted by molar-refractivity contribution is 5.84. The minimum absolute atomic E-state index is 0.0404. The summed E-state index contributed by atoms with van der Waals surface area (Å²) in [6.45, 7) is 4.03. The van der Waals surface area contributed by atoms with Crippen molar-refractivity contribution in [2.45, 2.75) is 58.1 Å². The Bertz CT molecular complexity index is 550. The minimum Gasteiger partial charge on any atom is -0.391 e. The molecule has 5 heteroatoms. The number of aliphatic hydroxyl groups is 1. The van der Waals surface area contributed by atoms with E-state index in [1.165, 1.54) is 19.3 Å². The topological polar surface area (TPSA) is 77.0 Å². The molecule has 0 amide bonds. The van der Waals surface area contributed by atoms with Gasteiger partial charge in [-0.3, -0.25) is 0 Å². The highest BCUT2D eigenvalue weighted by Crippen LogP contribution is 2.26. The van der Waals surface area contributed by atoms with Gasteiger partial charge in [-0.25, -0.2) is 9.97 Å². The maximum atomic E-state index is 10.1. The van der Waals surface area contributed by atoms with E-state index in [2.05, 4.69) is 16.9 Å². The Morgan fingerprint density at radius 2 is 2.10 bits per heavy atom. The molecule has 0 aliphatic heterocycles. The van der Waals surface area contributed by atoms with Crippen molar-refractivity contribution in [3.05, 3.63) is 18.6 Å². The third kappa shape index (κ3) is 3.10. The quantitative estimate of drug-likeness (QED) is 0.762. The number of nitrogen functional groups attached to an aromatic ring is 1. The lowest BCUT2D eigenvalue weighted by Crippen LogP contribution is -2.21. The van der Waals surface area contributed by atoms with Crippen LogP contribution in [0, 0.1) is 0 Å². The predicted octanol–water partition coefficient (Wildman–Crippen LogP) is 2.91. The zero-order valence-electron chi connectivity index (χ0n) is 12.3. The highest BCUT2D eigenvalue weighted by atomic mass is 16.3. The normalized spacial score (nSPS) is 14.6. The third-order valence-corrected chi connectivity index (χ3v) is 3.79. The number of unbranched alkanes of at least 4 members (excludes halogenated alkanes) is 3. The number of aromatic nitrogens is 3. The van der Waals surface area contributed by atoms with Gasteiger partial charge in [0.25, 0.3) is 0 Å². The van der Waals surface area contributed by atoms with Gasteiger partial charge in [-0.2, -0.15) is 0 Å². The summed E-state index contributed by atoms with van der Waals surface area (Å²) in [4.78, 5) is 8.38. The molecule has 0 radical (unpaired) electrons. The number of pyridine rings is 1. The van der Waals surface area contributed by atoms with Gasteiger partial charge in [-0.15, -0.1) is 0 Å². The summed E-state index contributed by atoms with van der Waals surface area (Å²) in [5, 5.41) is 10.1. The van der Waals surface area contributed by atoms with Gasteiger partial charge in [-0.05, 0) is 19.4 Å². The molecule has 110 valence electrons. The van der Waals surface area contributed by atoms with Crippen LogP contribution < -0.4 is 5.73 Å². The Morgan fingerprint density at radius 3 is 2.80 bits per heavy atom. The van der Waals surface area contributed by atoms with Crippen LogP contribution in [0.15, 0.2) is 18.6 Å². The summed E-state index contributed by atoms with van der Waals surface area (Å²) in [5.41, 5.74) is 7.49. The largest absolute Gasteiger partial charge is 0.391 e. The van der Waals surface area contributed by atoms with Gasteiger partial charge in [0.05, 0.1) is 24.0 Å². The predicted molar refractivity (Wildman–Crippen MR) is 81.4 cm³/mol. The molecular weight excluding hydrogens is 252 g/mol. The lowest BCUT2D eigenvalue weighted by Gasteiger charge is -2.22. The third-order valence-electron chi connectivity index (χ3n) is 3.79. The molecule has 2 rings (SSSR count).